The highest BCUT2D eigenvalue weighted by Gasteiger charge is 2.12. The number of ketones is 1. The molecule has 0 atom stereocenters. The summed E-state index contributed by atoms with van der Waals surface area (Å²) in [5, 5.41) is 4.46. The predicted molar refractivity (Wildman–Crippen MR) is 100 cm³/mol. The van der Waals surface area contributed by atoms with Crippen molar-refractivity contribution in [3.8, 4) is 0 Å². The van der Waals surface area contributed by atoms with E-state index in [1.54, 1.807) is 24.3 Å². The number of carbonyl (C=O) groups excluding carboxylic acids is 2. The number of halogens is 1. The zero-order valence-corrected chi connectivity index (χ0v) is 14.5. The van der Waals surface area contributed by atoms with Gasteiger partial charge in [0.2, 0.25) is 5.91 Å². The first kappa shape index (κ1) is 17.2. The van der Waals surface area contributed by atoms with Crippen molar-refractivity contribution in [1.82, 2.24) is 10.3 Å². The molecule has 0 spiro atoms. The lowest BCUT2D eigenvalue weighted by Crippen LogP contribution is -2.26. The smallest absolute Gasteiger partial charge is 0.220 e. The maximum Gasteiger partial charge on any atom is 0.220 e. The van der Waals surface area contributed by atoms with Crippen LogP contribution in [-0.4, -0.2) is 23.2 Å². The molecule has 128 valence electrons. The van der Waals surface area contributed by atoms with Crippen molar-refractivity contribution in [3.05, 3.63) is 70.9 Å². The Hall–Kier alpha value is -2.59. The number of para-hydroxylation sites is 1. The fourth-order valence-corrected chi connectivity index (χ4v) is 3.05. The molecule has 0 unspecified atom stereocenters. The molecule has 0 fully saturated rings. The van der Waals surface area contributed by atoms with Crippen molar-refractivity contribution < 1.29 is 9.59 Å². The number of rotatable bonds is 7. The standard InChI is InChI=1S/C20H19ClN2O2/c21-17-7-3-1-6-16(17)19(24)9-10-20(25)22-12-11-14-13-23-18-8-4-2-5-15(14)18/h1-8,13,23H,9-12H2,(H,22,25). The van der Waals surface area contributed by atoms with Crippen molar-refractivity contribution in [3.63, 3.8) is 0 Å². The third-order valence-corrected chi connectivity index (χ3v) is 4.47. The number of Topliss-reactive ketones (excluding diaryl/α,β-unsaturated/α-hetero) is 1. The molecule has 0 radical (unpaired) electrons. The number of fused-ring (bicyclic) bond motifs is 1. The van der Waals surface area contributed by atoms with Gasteiger partial charge in [0, 0.05) is 42.0 Å². The van der Waals surface area contributed by atoms with Crippen LogP contribution in [0.3, 0.4) is 0 Å². The second-order valence-corrected chi connectivity index (χ2v) is 6.27. The number of aromatic amines is 1. The topological polar surface area (TPSA) is 62.0 Å². The van der Waals surface area contributed by atoms with Gasteiger partial charge >= 0.3 is 0 Å². The Bertz CT molecular complexity index is 901. The van der Waals surface area contributed by atoms with E-state index in [1.807, 2.05) is 24.4 Å². The highest BCUT2D eigenvalue weighted by Crippen LogP contribution is 2.18. The van der Waals surface area contributed by atoms with E-state index in [0.717, 1.165) is 11.9 Å². The first-order valence-electron chi connectivity index (χ1n) is 8.24. The average molecular weight is 355 g/mol. The number of hydrogen-bond acceptors (Lipinski definition) is 2. The van der Waals surface area contributed by atoms with E-state index >= 15 is 0 Å². The SMILES string of the molecule is O=C(CCC(=O)c1ccccc1Cl)NCCc1c[nH]c2ccccc12. The number of carbonyl (C=O) groups is 2. The fraction of sp³-hybridized carbons (Fsp3) is 0.200. The molecule has 1 heterocycles. The number of H-pyrrole nitrogens is 1. The summed E-state index contributed by atoms with van der Waals surface area (Å²) in [6.45, 7) is 0.543. The minimum atomic E-state index is -0.125. The van der Waals surface area contributed by atoms with Crippen LogP contribution in [0.2, 0.25) is 5.02 Å². The second-order valence-electron chi connectivity index (χ2n) is 5.86. The van der Waals surface area contributed by atoms with Gasteiger partial charge in [-0.1, -0.05) is 41.9 Å². The molecule has 2 aromatic carbocycles. The predicted octanol–water partition coefficient (Wildman–Crippen LogP) is 4.14. The Morgan fingerprint density at radius 1 is 1.00 bits per heavy atom. The van der Waals surface area contributed by atoms with Gasteiger partial charge in [0.1, 0.15) is 0 Å². The molecular formula is C20H19ClN2O2. The monoisotopic (exact) mass is 354 g/mol. The minimum Gasteiger partial charge on any atom is -0.361 e. The van der Waals surface area contributed by atoms with Crippen molar-refractivity contribution in [2.75, 3.05) is 6.54 Å². The molecule has 0 aliphatic heterocycles. The zero-order valence-electron chi connectivity index (χ0n) is 13.7. The van der Waals surface area contributed by atoms with E-state index < -0.39 is 0 Å². The highest BCUT2D eigenvalue weighted by molar-refractivity contribution is 6.34. The first-order chi connectivity index (χ1) is 12.1. The van der Waals surface area contributed by atoms with E-state index in [9.17, 15) is 9.59 Å². The van der Waals surface area contributed by atoms with Gasteiger partial charge in [-0.3, -0.25) is 9.59 Å². The summed E-state index contributed by atoms with van der Waals surface area (Å²) < 4.78 is 0. The molecule has 1 amide bonds. The van der Waals surface area contributed by atoms with Crippen molar-refractivity contribution >= 4 is 34.2 Å². The molecular weight excluding hydrogens is 336 g/mol. The van der Waals surface area contributed by atoms with E-state index in [2.05, 4.69) is 16.4 Å². The Morgan fingerprint density at radius 3 is 2.60 bits per heavy atom. The molecule has 0 saturated heterocycles. The van der Waals surface area contributed by atoms with Gasteiger partial charge in [-0.15, -0.1) is 0 Å². The van der Waals surface area contributed by atoms with Crippen LogP contribution in [0.15, 0.2) is 54.7 Å². The van der Waals surface area contributed by atoms with E-state index in [0.29, 0.717) is 17.1 Å². The Balaban J connectivity index is 1.45. The van der Waals surface area contributed by atoms with Crippen LogP contribution in [0, 0.1) is 0 Å². The largest absolute Gasteiger partial charge is 0.361 e. The summed E-state index contributed by atoms with van der Waals surface area (Å²) >= 11 is 6.00. The summed E-state index contributed by atoms with van der Waals surface area (Å²) in [7, 11) is 0. The van der Waals surface area contributed by atoms with Crippen molar-refractivity contribution in [2.45, 2.75) is 19.3 Å². The number of amides is 1. The van der Waals surface area contributed by atoms with Crippen LogP contribution < -0.4 is 5.32 Å². The molecule has 0 bridgehead atoms. The summed E-state index contributed by atoms with van der Waals surface area (Å²) in [4.78, 5) is 27.3. The number of benzene rings is 2. The lowest BCUT2D eigenvalue weighted by Gasteiger charge is -2.06. The number of hydrogen-bond donors (Lipinski definition) is 2. The molecule has 3 aromatic rings. The van der Waals surface area contributed by atoms with E-state index in [1.165, 1.54) is 10.9 Å². The van der Waals surface area contributed by atoms with E-state index in [-0.39, 0.29) is 24.5 Å². The van der Waals surface area contributed by atoms with Gasteiger partial charge in [0.05, 0.1) is 5.02 Å². The van der Waals surface area contributed by atoms with Crippen molar-refractivity contribution in [1.29, 1.82) is 0 Å². The summed E-state index contributed by atoms with van der Waals surface area (Å²) in [5.41, 5.74) is 2.73. The third-order valence-electron chi connectivity index (χ3n) is 4.14. The summed E-state index contributed by atoms with van der Waals surface area (Å²) in [5.74, 6) is -0.238. The van der Waals surface area contributed by atoms with Gasteiger partial charge in [0.15, 0.2) is 5.78 Å². The lowest BCUT2D eigenvalue weighted by atomic mass is 10.1. The second kappa shape index (κ2) is 7.99. The van der Waals surface area contributed by atoms with Crippen LogP contribution in [0.4, 0.5) is 0 Å². The molecule has 25 heavy (non-hydrogen) atoms. The first-order valence-corrected chi connectivity index (χ1v) is 8.62. The highest BCUT2D eigenvalue weighted by atomic mass is 35.5. The summed E-state index contributed by atoms with van der Waals surface area (Å²) in [6, 6.07) is 15.0. The molecule has 1 aromatic heterocycles. The Kier molecular flexibility index (Phi) is 5.51. The number of aromatic nitrogens is 1. The third kappa shape index (κ3) is 4.28. The van der Waals surface area contributed by atoms with Crippen LogP contribution in [0.5, 0.6) is 0 Å². The van der Waals surface area contributed by atoms with Crippen LogP contribution in [0.25, 0.3) is 10.9 Å². The number of nitrogens with one attached hydrogen (secondary N) is 2. The molecule has 0 aliphatic rings. The van der Waals surface area contributed by atoms with Gasteiger partial charge in [-0.05, 0) is 30.2 Å². The van der Waals surface area contributed by atoms with Gasteiger partial charge in [-0.2, -0.15) is 0 Å². The zero-order chi connectivity index (χ0) is 17.6. The van der Waals surface area contributed by atoms with Crippen LogP contribution in [0.1, 0.15) is 28.8 Å². The Morgan fingerprint density at radius 2 is 1.76 bits per heavy atom. The van der Waals surface area contributed by atoms with E-state index in [4.69, 9.17) is 11.6 Å². The molecule has 2 N–H and O–H groups in total. The Labute approximate surface area is 151 Å². The maximum absolute atomic E-state index is 12.1. The fourth-order valence-electron chi connectivity index (χ4n) is 2.81. The molecule has 3 rings (SSSR count). The molecule has 4 nitrogen and oxygen atoms in total. The molecule has 0 saturated carbocycles. The normalized spacial score (nSPS) is 10.8. The lowest BCUT2D eigenvalue weighted by molar-refractivity contribution is -0.121. The quantitative estimate of drug-likeness (QED) is 0.626. The summed E-state index contributed by atoms with van der Waals surface area (Å²) in [6.07, 6.45) is 3.03. The van der Waals surface area contributed by atoms with Gasteiger partial charge < -0.3 is 10.3 Å². The van der Waals surface area contributed by atoms with Crippen LogP contribution in [-0.2, 0) is 11.2 Å². The van der Waals surface area contributed by atoms with Crippen LogP contribution >= 0.6 is 11.6 Å². The average Bonchev–Trinajstić information content (AvgIpc) is 3.03. The minimum absolute atomic E-state index is 0.114. The molecule has 5 heteroatoms. The maximum atomic E-state index is 12.1. The van der Waals surface area contributed by atoms with Gasteiger partial charge in [0.25, 0.3) is 0 Å². The van der Waals surface area contributed by atoms with Gasteiger partial charge in [-0.25, -0.2) is 0 Å². The molecule has 0 aliphatic carbocycles. The van der Waals surface area contributed by atoms with Crippen molar-refractivity contribution in [2.24, 2.45) is 0 Å².